The molecule has 0 unspecified atom stereocenters. The quantitative estimate of drug-likeness (QED) is 0.810. The van der Waals surface area contributed by atoms with Crippen molar-refractivity contribution in [3.05, 3.63) is 23.2 Å². The fourth-order valence-corrected chi connectivity index (χ4v) is 1.95. The molecule has 112 valence electrons. The normalized spacial score (nSPS) is 12.3. The number of hydrogen-bond donors (Lipinski definition) is 2. The third-order valence-corrected chi connectivity index (χ3v) is 2.96. The van der Waals surface area contributed by atoms with Crippen LogP contribution in [0.25, 0.3) is 0 Å². The summed E-state index contributed by atoms with van der Waals surface area (Å²) in [7, 11) is 0. The Kier molecular flexibility index (Phi) is 6.82. The maximum absolute atomic E-state index is 12.1. The molecule has 1 aromatic carbocycles. The average Bonchev–Trinajstić information content (AvgIpc) is 2.37. The molecule has 1 atom stereocenters. The number of anilines is 1. The highest BCUT2D eigenvalue weighted by atomic mass is 35.5. The van der Waals surface area contributed by atoms with Crippen LogP contribution in [0.15, 0.2) is 18.2 Å². The lowest BCUT2D eigenvalue weighted by molar-refractivity contribution is -0.117. The van der Waals surface area contributed by atoms with Crippen molar-refractivity contribution in [1.29, 1.82) is 0 Å². The van der Waals surface area contributed by atoms with E-state index in [0.717, 1.165) is 6.42 Å². The molecule has 0 saturated carbocycles. The van der Waals surface area contributed by atoms with Crippen LogP contribution in [0.2, 0.25) is 5.02 Å². The maximum atomic E-state index is 12.1. The van der Waals surface area contributed by atoms with Crippen molar-refractivity contribution in [3.8, 4) is 5.75 Å². The summed E-state index contributed by atoms with van der Waals surface area (Å²) >= 11 is 5.96. The van der Waals surface area contributed by atoms with Gasteiger partial charge in [-0.3, -0.25) is 4.79 Å². The van der Waals surface area contributed by atoms with Gasteiger partial charge in [-0.05, 0) is 37.0 Å². The third-order valence-electron chi connectivity index (χ3n) is 2.72. The van der Waals surface area contributed by atoms with Gasteiger partial charge in [0, 0.05) is 5.02 Å². The lowest BCUT2D eigenvalue weighted by Gasteiger charge is -2.16. The molecule has 5 heteroatoms. The molecule has 3 N–H and O–H groups in total. The number of carbonyl (C=O) groups excluding carboxylic acids is 1. The predicted octanol–water partition coefficient (Wildman–Crippen LogP) is 3.44. The number of nitrogens with one attached hydrogen (secondary N) is 1. The van der Waals surface area contributed by atoms with Crippen molar-refractivity contribution in [3.63, 3.8) is 0 Å². The van der Waals surface area contributed by atoms with Crippen LogP contribution >= 0.6 is 11.6 Å². The fraction of sp³-hybridized carbons (Fsp3) is 0.533. The van der Waals surface area contributed by atoms with E-state index in [1.54, 1.807) is 18.2 Å². The van der Waals surface area contributed by atoms with E-state index in [1.165, 1.54) is 0 Å². The van der Waals surface area contributed by atoms with E-state index in [-0.39, 0.29) is 5.91 Å². The van der Waals surface area contributed by atoms with Gasteiger partial charge in [0.2, 0.25) is 5.91 Å². The van der Waals surface area contributed by atoms with Gasteiger partial charge in [0.25, 0.3) is 0 Å². The van der Waals surface area contributed by atoms with Gasteiger partial charge in [-0.2, -0.15) is 0 Å². The number of amides is 1. The lowest BCUT2D eigenvalue weighted by atomic mass is 10.0. The molecular formula is C15H23ClN2O2. The van der Waals surface area contributed by atoms with E-state index in [0.29, 0.717) is 35.4 Å². The van der Waals surface area contributed by atoms with Gasteiger partial charge in [-0.15, -0.1) is 0 Å². The standard InChI is InChI=1S/C15H23ClN2O2/c1-4-7-20-14-6-5-11(16)9-13(14)18-15(19)12(17)8-10(2)3/h5-6,9-10,12H,4,7-8,17H2,1-3H3,(H,18,19)/t12-/m0/s1. The van der Waals surface area contributed by atoms with Gasteiger partial charge in [-0.25, -0.2) is 0 Å². The zero-order chi connectivity index (χ0) is 15.1. The molecule has 1 aromatic rings. The number of benzene rings is 1. The molecule has 0 aliphatic carbocycles. The fourth-order valence-electron chi connectivity index (χ4n) is 1.78. The van der Waals surface area contributed by atoms with Crippen LogP contribution in [0, 0.1) is 5.92 Å². The largest absolute Gasteiger partial charge is 0.491 e. The summed E-state index contributed by atoms with van der Waals surface area (Å²) in [5.74, 6) is 0.759. The van der Waals surface area contributed by atoms with E-state index in [2.05, 4.69) is 5.32 Å². The SMILES string of the molecule is CCCOc1ccc(Cl)cc1NC(=O)[C@@H](N)CC(C)C. The van der Waals surface area contributed by atoms with Gasteiger partial charge in [0.15, 0.2) is 0 Å². The first-order valence-electron chi connectivity index (χ1n) is 6.92. The summed E-state index contributed by atoms with van der Waals surface area (Å²) in [5.41, 5.74) is 6.43. The number of ether oxygens (including phenoxy) is 1. The summed E-state index contributed by atoms with van der Waals surface area (Å²) in [6, 6.07) is 4.62. The van der Waals surface area contributed by atoms with Gasteiger partial charge in [0.05, 0.1) is 18.3 Å². The molecule has 0 fully saturated rings. The molecule has 0 aliphatic rings. The minimum absolute atomic E-state index is 0.220. The summed E-state index contributed by atoms with van der Waals surface area (Å²) in [6.07, 6.45) is 1.53. The topological polar surface area (TPSA) is 64.3 Å². The van der Waals surface area contributed by atoms with E-state index in [1.807, 2.05) is 20.8 Å². The molecule has 0 spiro atoms. The van der Waals surface area contributed by atoms with Gasteiger partial charge >= 0.3 is 0 Å². The van der Waals surface area contributed by atoms with Crippen molar-refractivity contribution >= 4 is 23.2 Å². The molecule has 0 bridgehead atoms. The summed E-state index contributed by atoms with van der Waals surface area (Å²) in [6.45, 7) is 6.67. The van der Waals surface area contributed by atoms with E-state index in [9.17, 15) is 4.79 Å². The molecule has 1 rings (SSSR count). The summed E-state index contributed by atoms with van der Waals surface area (Å²) < 4.78 is 5.59. The molecule has 0 saturated heterocycles. The highest BCUT2D eigenvalue weighted by Crippen LogP contribution is 2.28. The van der Waals surface area contributed by atoms with E-state index >= 15 is 0 Å². The van der Waals surface area contributed by atoms with Crippen molar-refractivity contribution in [2.75, 3.05) is 11.9 Å². The average molecular weight is 299 g/mol. The molecule has 0 aromatic heterocycles. The Morgan fingerprint density at radius 2 is 2.15 bits per heavy atom. The van der Waals surface area contributed by atoms with Gasteiger partial charge in [0.1, 0.15) is 5.75 Å². The number of carbonyl (C=O) groups is 1. The van der Waals surface area contributed by atoms with Gasteiger partial charge in [-0.1, -0.05) is 32.4 Å². The first kappa shape index (κ1) is 16.8. The molecule has 1 amide bonds. The molecule has 20 heavy (non-hydrogen) atoms. The van der Waals surface area contributed by atoms with Gasteiger partial charge < -0.3 is 15.8 Å². The van der Waals surface area contributed by atoms with E-state index < -0.39 is 6.04 Å². The highest BCUT2D eigenvalue weighted by Gasteiger charge is 2.17. The second-order valence-corrected chi connectivity index (χ2v) is 5.65. The Morgan fingerprint density at radius 1 is 1.45 bits per heavy atom. The second-order valence-electron chi connectivity index (χ2n) is 5.21. The molecule has 0 heterocycles. The smallest absolute Gasteiger partial charge is 0.241 e. The number of rotatable bonds is 7. The zero-order valence-electron chi connectivity index (χ0n) is 12.3. The Bertz CT molecular complexity index is 449. The first-order valence-corrected chi connectivity index (χ1v) is 7.30. The minimum Gasteiger partial charge on any atom is -0.491 e. The number of hydrogen-bond acceptors (Lipinski definition) is 3. The minimum atomic E-state index is -0.534. The highest BCUT2D eigenvalue weighted by molar-refractivity contribution is 6.31. The Hall–Kier alpha value is -1.26. The summed E-state index contributed by atoms with van der Waals surface area (Å²) in [4.78, 5) is 12.1. The van der Waals surface area contributed by atoms with E-state index in [4.69, 9.17) is 22.1 Å². The lowest BCUT2D eigenvalue weighted by Crippen LogP contribution is -2.36. The molecular weight excluding hydrogens is 276 g/mol. The summed E-state index contributed by atoms with van der Waals surface area (Å²) in [5, 5.41) is 3.34. The molecule has 0 aliphatic heterocycles. The number of halogens is 1. The van der Waals surface area contributed by atoms with Crippen LogP contribution in [0.1, 0.15) is 33.6 Å². The Balaban J connectivity index is 2.79. The number of nitrogens with two attached hydrogens (primary N) is 1. The molecule has 0 radical (unpaired) electrons. The van der Waals surface area contributed by atoms with Crippen LogP contribution < -0.4 is 15.8 Å². The zero-order valence-corrected chi connectivity index (χ0v) is 13.0. The monoisotopic (exact) mass is 298 g/mol. The Labute approximate surface area is 125 Å². The first-order chi connectivity index (χ1) is 9.43. The Morgan fingerprint density at radius 3 is 2.75 bits per heavy atom. The predicted molar refractivity (Wildman–Crippen MR) is 83.3 cm³/mol. The maximum Gasteiger partial charge on any atom is 0.241 e. The molecule has 4 nitrogen and oxygen atoms in total. The van der Waals surface area contributed by atoms with Crippen LogP contribution in [-0.2, 0) is 4.79 Å². The van der Waals surface area contributed by atoms with Crippen molar-refractivity contribution < 1.29 is 9.53 Å². The van der Waals surface area contributed by atoms with Crippen LogP contribution in [0.3, 0.4) is 0 Å². The second kappa shape index (κ2) is 8.12. The van der Waals surface area contributed by atoms with Crippen molar-refractivity contribution in [2.45, 2.75) is 39.7 Å². The van der Waals surface area contributed by atoms with Crippen LogP contribution in [0.4, 0.5) is 5.69 Å². The van der Waals surface area contributed by atoms with Crippen molar-refractivity contribution in [2.24, 2.45) is 11.7 Å². The van der Waals surface area contributed by atoms with Crippen LogP contribution in [0.5, 0.6) is 5.75 Å². The van der Waals surface area contributed by atoms with Crippen molar-refractivity contribution in [1.82, 2.24) is 0 Å². The third kappa shape index (κ3) is 5.39. The van der Waals surface area contributed by atoms with Crippen LogP contribution in [-0.4, -0.2) is 18.6 Å².